The molecule has 0 aromatic heterocycles. The summed E-state index contributed by atoms with van der Waals surface area (Å²) in [7, 11) is 1.78. The Hall–Kier alpha value is -2.41. The standard InChI is InChI=1S/C13H21N3O3.C6H5F/c1-14-12-11(3-2-6-15-12)13(18)16(9-17)10-4-7-19-8-5-10;7-6-4-2-1-3-5-6/h9-10,14-15H,2-8H2,1H3;1-5H. The van der Waals surface area contributed by atoms with Gasteiger partial charge in [0.2, 0.25) is 6.41 Å². The minimum Gasteiger partial charge on any atom is -0.381 e. The van der Waals surface area contributed by atoms with E-state index in [4.69, 9.17) is 4.74 Å². The van der Waals surface area contributed by atoms with Gasteiger partial charge in [-0.1, -0.05) is 18.2 Å². The van der Waals surface area contributed by atoms with Crippen LogP contribution in [-0.2, 0) is 14.3 Å². The maximum absolute atomic E-state index is 12.5. The monoisotopic (exact) mass is 363 g/mol. The van der Waals surface area contributed by atoms with Crippen molar-refractivity contribution in [2.75, 3.05) is 26.8 Å². The summed E-state index contributed by atoms with van der Waals surface area (Å²) in [6.07, 6.45) is 3.72. The number of hydrogen-bond acceptors (Lipinski definition) is 5. The molecule has 0 bridgehead atoms. The van der Waals surface area contributed by atoms with E-state index in [1.807, 2.05) is 0 Å². The van der Waals surface area contributed by atoms with Gasteiger partial charge in [0.25, 0.3) is 5.91 Å². The topological polar surface area (TPSA) is 70.7 Å². The van der Waals surface area contributed by atoms with E-state index in [9.17, 15) is 14.0 Å². The molecule has 1 saturated heterocycles. The number of ether oxygens (including phenoxy) is 1. The van der Waals surface area contributed by atoms with Gasteiger partial charge >= 0.3 is 0 Å². The van der Waals surface area contributed by atoms with E-state index >= 15 is 0 Å². The van der Waals surface area contributed by atoms with E-state index in [1.54, 1.807) is 25.2 Å². The molecule has 1 aromatic rings. The van der Waals surface area contributed by atoms with Crippen LogP contribution in [0, 0.1) is 5.82 Å². The van der Waals surface area contributed by atoms with Gasteiger partial charge in [-0.2, -0.15) is 0 Å². The second kappa shape index (κ2) is 10.6. The molecule has 0 saturated carbocycles. The van der Waals surface area contributed by atoms with Gasteiger partial charge in [-0.15, -0.1) is 0 Å². The third-order valence-electron chi connectivity index (χ3n) is 4.38. The van der Waals surface area contributed by atoms with E-state index < -0.39 is 0 Å². The number of nitrogens with zero attached hydrogens (tertiary/aromatic N) is 1. The second-order valence-electron chi connectivity index (χ2n) is 6.09. The van der Waals surface area contributed by atoms with Crippen molar-refractivity contribution in [3.05, 3.63) is 47.5 Å². The van der Waals surface area contributed by atoms with Gasteiger partial charge in [0.15, 0.2) is 0 Å². The minimum atomic E-state index is -0.182. The first-order valence-electron chi connectivity index (χ1n) is 8.88. The van der Waals surface area contributed by atoms with Crippen LogP contribution in [0.1, 0.15) is 25.7 Å². The molecular weight excluding hydrogens is 337 g/mol. The van der Waals surface area contributed by atoms with Gasteiger partial charge in [0.05, 0.1) is 5.57 Å². The van der Waals surface area contributed by atoms with E-state index in [0.29, 0.717) is 31.6 Å². The molecule has 0 radical (unpaired) electrons. The number of rotatable bonds is 4. The summed E-state index contributed by atoms with van der Waals surface area (Å²) < 4.78 is 17.2. The van der Waals surface area contributed by atoms with E-state index in [-0.39, 0.29) is 17.8 Å². The lowest BCUT2D eigenvalue weighted by Gasteiger charge is -2.32. The summed E-state index contributed by atoms with van der Waals surface area (Å²) in [6.45, 7) is 2.07. The fourth-order valence-electron chi connectivity index (χ4n) is 3.00. The molecule has 0 spiro atoms. The molecule has 2 aliphatic rings. The fraction of sp³-hybridized carbons (Fsp3) is 0.474. The van der Waals surface area contributed by atoms with E-state index in [1.165, 1.54) is 17.0 Å². The van der Waals surface area contributed by atoms with Crippen LogP contribution < -0.4 is 10.6 Å². The summed E-state index contributed by atoms with van der Waals surface area (Å²) in [5, 5.41) is 6.16. The molecule has 6 nitrogen and oxygen atoms in total. The summed E-state index contributed by atoms with van der Waals surface area (Å²) >= 11 is 0. The van der Waals surface area contributed by atoms with Gasteiger partial charge in [0.1, 0.15) is 11.6 Å². The predicted octanol–water partition coefficient (Wildman–Crippen LogP) is 1.79. The quantitative estimate of drug-likeness (QED) is 0.798. The van der Waals surface area contributed by atoms with Gasteiger partial charge in [-0.05, 0) is 37.8 Å². The highest BCUT2D eigenvalue weighted by Crippen LogP contribution is 2.20. The molecule has 0 atom stereocenters. The molecule has 1 fully saturated rings. The molecule has 2 heterocycles. The third-order valence-corrected chi connectivity index (χ3v) is 4.38. The average Bonchev–Trinajstić information content (AvgIpc) is 2.70. The molecule has 3 rings (SSSR count). The summed E-state index contributed by atoms with van der Waals surface area (Å²) in [4.78, 5) is 25.1. The Balaban J connectivity index is 0.000000290. The largest absolute Gasteiger partial charge is 0.381 e. The Bertz CT molecular complexity index is 616. The third kappa shape index (κ3) is 5.56. The number of carbonyl (C=O) groups excluding carboxylic acids is 2. The average molecular weight is 363 g/mol. The Kier molecular flexibility index (Phi) is 8.08. The predicted molar refractivity (Wildman–Crippen MR) is 96.5 cm³/mol. The maximum Gasteiger partial charge on any atom is 0.260 e. The Morgan fingerprint density at radius 1 is 1.31 bits per heavy atom. The first-order chi connectivity index (χ1) is 12.7. The zero-order chi connectivity index (χ0) is 18.8. The van der Waals surface area contributed by atoms with Crippen molar-refractivity contribution in [1.29, 1.82) is 0 Å². The summed E-state index contributed by atoms with van der Waals surface area (Å²) in [5.74, 6) is 0.385. The van der Waals surface area contributed by atoms with Crippen LogP contribution in [0.15, 0.2) is 41.7 Å². The molecule has 2 aliphatic heterocycles. The first-order valence-corrected chi connectivity index (χ1v) is 8.88. The normalized spacial score (nSPS) is 17.5. The van der Waals surface area contributed by atoms with Crippen molar-refractivity contribution < 1.29 is 18.7 Å². The summed E-state index contributed by atoms with van der Waals surface area (Å²) in [5.41, 5.74) is 0.673. The van der Waals surface area contributed by atoms with Crippen LogP contribution in [0.25, 0.3) is 0 Å². The number of imide groups is 1. The zero-order valence-corrected chi connectivity index (χ0v) is 15.0. The highest BCUT2D eigenvalue weighted by Gasteiger charge is 2.29. The van der Waals surface area contributed by atoms with Crippen molar-refractivity contribution in [3.8, 4) is 0 Å². The Labute approximate surface area is 153 Å². The molecule has 0 unspecified atom stereocenters. The molecule has 26 heavy (non-hydrogen) atoms. The minimum absolute atomic E-state index is 0.0358. The molecule has 142 valence electrons. The second-order valence-corrected chi connectivity index (χ2v) is 6.09. The number of amides is 2. The Morgan fingerprint density at radius 3 is 2.54 bits per heavy atom. The van der Waals surface area contributed by atoms with Crippen LogP contribution in [0.2, 0.25) is 0 Å². The van der Waals surface area contributed by atoms with Crippen LogP contribution in [0.5, 0.6) is 0 Å². The first kappa shape index (κ1) is 19.9. The number of carbonyl (C=O) groups is 2. The lowest BCUT2D eigenvalue weighted by molar-refractivity contribution is -0.140. The van der Waals surface area contributed by atoms with Crippen molar-refractivity contribution in [3.63, 3.8) is 0 Å². The van der Waals surface area contributed by atoms with Gasteiger partial charge in [-0.25, -0.2) is 4.39 Å². The van der Waals surface area contributed by atoms with Crippen molar-refractivity contribution in [1.82, 2.24) is 15.5 Å². The van der Waals surface area contributed by atoms with E-state index in [0.717, 1.165) is 31.6 Å². The zero-order valence-electron chi connectivity index (χ0n) is 15.0. The Morgan fingerprint density at radius 2 is 2.00 bits per heavy atom. The van der Waals surface area contributed by atoms with Gasteiger partial charge in [-0.3, -0.25) is 14.5 Å². The fourth-order valence-corrected chi connectivity index (χ4v) is 3.00. The number of hydrogen-bond donors (Lipinski definition) is 2. The molecule has 1 aromatic carbocycles. The van der Waals surface area contributed by atoms with Crippen molar-refractivity contribution >= 4 is 12.3 Å². The van der Waals surface area contributed by atoms with Crippen LogP contribution in [0.4, 0.5) is 4.39 Å². The lowest BCUT2D eigenvalue weighted by atomic mass is 10.0. The number of nitrogens with one attached hydrogen (secondary N) is 2. The maximum atomic E-state index is 12.5. The lowest BCUT2D eigenvalue weighted by Crippen LogP contribution is -2.45. The van der Waals surface area contributed by atoms with Crippen LogP contribution >= 0.6 is 0 Å². The van der Waals surface area contributed by atoms with Gasteiger partial charge in [0, 0.05) is 32.8 Å². The van der Waals surface area contributed by atoms with Gasteiger partial charge < -0.3 is 15.4 Å². The molecule has 2 amide bonds. The molecule has 2 N–H and O–H groups in total. The van der Waals surface area contributed by atoms with Crippen LogP contribution in [0.3, 0.4) is 0 Å². The van der Waals surface area contributed by atoms with Crippen LogP contribution in [-0.4, -0.2) is 50.1 Å². The van der Waals surface area contributed by atoms with E-state index in [2.05, 4.69) is 10.6 Å². The molecular formula is C19H26FN3O3. The number of halogens is 1. The number of benzene rings is 1. The highest BCUT2D eigenvalue weighted by molar-refractivity contribution is 6.00. The SMILES string of the molecule is CNC1=C(C(=O)N(C=O)C2CCOCC2)CCCN1.Fc1ccccc1. The molecule has 7 heteroatoms. The molecule has 0 aliphatic carbocycles. The highest BCUT2D eigenvalue weighted by atomic mass is 19.1. The van der Waals surface area contributed by atoms with Crippen molar-refractivity contribution in [2.24, 2.45) is 0 Å². The van der Waals surface area contributed by atoms with Crippen molar-refractivity contribution in [2.45, 2.75) is 31.7 Å². The smallest absolute Gasteiger partial charge is 0.260 e. The summed E-state index contributed by atoms with van der Waals surface area (Å²) in [6, 6.07) is 7.90.